The molecule has 2 atom stereocenters. The van der Waals surface area contributed by atoms with E-state index in [1.165, 1.54) is 5.56 Å². The zero-order valence-corrected chi connectivity index (χ0v) is 13.4. The van der Waals surface area contributed by atoms with Crippen molar-refractivity contribution in [3.8, 4) is 5.75 Å². The van der Waals surface area contributed by atoms with Crippen LogP contribution in [0.15, 0.2) is 24.3 Å². The fourth-order valence-corrected chi connectivity index (χ4v) is 2.97. The molecule has 0 radical (unpaired) electrons. The molecule has 0 saturated heterocycles. The molecule has 0 bridgehead atoms. The fraction of sp³-hybridized carbons (Fsp3) is 0.611. The number of rotatable bonds is 7. The van der Waals surface area contributed by atoms with E-state index in [1.807, 2.05) is 12.1 Å². The monoisotopic (exact) mass is 305 g/mol. The highest BCUT2D eigenvalue weighted by atomic mass is 16.5. The van der Waals surface area contributed by atoms with E-state index in [9.17, 15) is 9.90 Å². The molecule has 0 spiro atoms. The van der Waals surface area contributed by atoms with Gasteiger partial charge in [-0.2, -0.15) is 0 Å². The number of amides is 1. The van der Waals surface area contributed by atoms with E-state index in [4.69, 9.17) is 4.74 Å². The number of carbonyl (C=O) groups is 1. The molecule has 2 unspecified atom stereocenters. The average molecular weight is 305 g/mol. The van der Waals surface area contributed by atoms with Crippen molar-refractivity contribution < 1.29 is 14.6 Å². The lowest BCUT2D eigenvalue weighted by molar-refractivity contribution is -0.123. The highest BCUT2D eigenvalue weighted by Gasteiger charge is 2.23. The lowest BCUT2D eigenvalue weighted by atomic mass is 9.92. The molecule has 122 valence electrons. The first-order valence-corrected chi connectivity index (χ1v) is 8.29. The second-order valence-electron chi connectivity index (χ2n) is 6.08. The predicted octanol–water partition coefficient (Wildman–Crippen LogP) is 2.83. The van der Waals surface area contributed by atoms with Crippen LogP contribution in [0, 0.1) is 0 Å². The van der Waals surface area contributed by atoms with Crippen LogP contribution in [-0.4, -0.2) is 30.3 Å². The summed E-state index contributed by atoms with van der Waals surface area (Å²) >= 11 is 0. The number of carbonyl (C=O) groups excluding carboxylic acids is 1. The average Bonchev–Trinajstić information content (AvgIpc) is 2.54. The summed E-state index contributed by atoms with van der Waals surface area (Å²) in [4.78, 5) is 11.9. The predicted molar refractivity (Wildman–Crippen MR) is 87.0 cm³/mol. The first-order chi connectivity index (χ1) is 10.7. The first-order valence-electron chi connectivity index (χ1n) is 8.29. The Morgan fingerprint density at radius 1 is 1.23 bits per heavy atom. The Balaban J connectivity index is 1.62. The molecule has 1 saturated carbocycles. The fourth-order valence-electron chi connectivity index (χ4n) is 2.97. The second kappa shape index (κ2) is 8.79. The van der Waals surface area contributed by atoms with E-state index in [-0.39, 0.29) is 18.1 Å². The van der Waals surface area contributed by atoms with E-state index in [0.29, 0.717) is 6.42 Å². The molecule has 1 aliphatic rings. The molecule has 1 aromatic carbocycles. The van der Waals surface area contributed by atoms with Gasteiger partial charge in [-0.05, 0) is 49.8 Å². The third-order valence-corrected chi connectivity index (χ3v) is 4.35. The normalized spacial score (nSPS) is 21.4. The van der Waals surface area contributed by atoms with Crippen LogP contribution in [-0.2, 0) is 11.2 Å². The van der Waals surface area contributed by atoms with Gasteiger partial charge in [0.25, 0.3) is 0 Å². The summed E-state index contributed by atoms with van der Waals surface area (Å²) in [6.07, 6.45) is 6.89. The Hall–Kier alpha value is -1.55. The Labute approximate surface area is 132 Å². The van der Waals surface area contributed by atoms with Crippen molar-refractivity contribution in [3.05, 3.63) is 29.8 Å². The lowest BCUT2D eigenvalue weighted by Gasteiger charge is -2.28. The number of unbranched alkanes of at least 4 members (excludes halogenated alkanes) is 1. The maximum Gasteiger partial charge on any atom is 0.220 e. The van der Waals surface area contributed by atoms with Gasteiger partial charge in [0, 0.05) is 6.42 Å². The number of aryl methyl sites for hydroxylation is 1. The Morgan fingerprint density at radius 2 is 1.95 bits per heavy atom. The third-order valence-electron chi connectivity index (χ3n) is 4.35. The van der Waals surface area contributed by atoms with E-state index in [1.54, 1.807) is 7.11 Å². The van der Waals surface area contributed by atoms with Crippen LogP contribution < -0.4 is 10.1 Å². The van der Waals surface area contributed by atoms with E-state index < -0.39 is 0 Å². The summed E-state index contributed by atoms with van der Waals surface area (Å²) in [6.45, 7) is 0. The van der Waals surface area contributed by atoms with Gasteiger partial charge in [0.1, 0.15) is 5.75 Å². The minimum absolute atomic E-state index is 0.0390. The van der Waals surface area contributed by atoms with Crippen LogP contribution >= 0.6 is 0 Å². The van der Waals surface area contributed by atoms with E-state index >= 15 is 0 Å². The number of hydrogen-bond acceptors (Lipinski definition) is 3. The number of nitrogens with one attached hydrogen (secondary N) is 1. The smallest absolute Gasteiger partial charge is 0.220 e. The molecule has 4 nitrogen and oxygen atoms in total. The van der Waals surface area contributed by atoms with Crippen molar-refractivity contribution in [2.75, 3.05) is 7.11 Å². The Kier molecular flexibility index (Phi) is 6.72. The molecule has 1 aliphatic carbocycles. The lowest BCUT2D eigenvalue weighted by Crippen LogP contribution is -2.44. The minimum Gasteiger partial charge on any atom is -0.497 e. The van der Waals surface area contributed by atoms with Gasteiger partial charge >= 0.3 is 0 Å². The summed E-state index contributed by atoms with van der Waals surface area (Å²) in [5.74, 6) is 0.940. The van der Waals surface area contributed by atoms with Crippen molar-refractivity contribution in [2.45, 2.75) is 63.5 Å². The molecule has 0 aromatic heterocycles. The number of aliphatic hydroxyl groups is 1. The molecule has 4 heteroatoms. The van der Waals surface area contributed by atoms with Crippen LogP contribution in [0.1, 0.15) is 50.5 Å². The molecule has 2 N–H and O–H groups in total. The van der Waals surface area contributed by atoms with Gasteiger partial charge in [-0.1, -0.05) is 25.0 Å². The standard InChI is InChI=1S/C18H27NO3/c1-22-15-12-10-14(11-13-15)6-2-5-9-18(21)19-16-7-3-4-8-17(16)20/h10-13,16-17,20H,2-9H2,1H3,(H,19,21). The molecule has 1 fully saturated rings. The number of aliphatic hydroxyl groups excluding tert-OH is 1. The van der Waals surface area contributed by atoms with Gasteiger partial charge < -0.3 is 15.2 Å². The van der Waals surface area contributed by atoms with Crippen LogP contribution in [0.3, 0.4) is 0 Å². The van der Waals surface area contributed by atoms with E-state index in [2.05, 4.69) is 17.4 Å². The molecule has 0 heterocycles. The minimum atomic E-state index is -0.364. The SMILES string of the molecule is COc1ccc(CCCCC(=O)NC2CCCCC2O)cc1. The Bertz CT molecular complexity index is 458. The zero-order chi connectivity index (χ0) is 15.8. The molecule has 22 heavy (non-hydrogen) atoms. The highest BCUT2D eigenvalue weighted by molar-refractivity contribution is 5.76. The molecular formula is C18H27NO3. The van der Waals surface area contributed by atoms with Crippen LogP contribution in [0.5, 0.6) is 5.75 Å². The molecule has 0 aliphatic heterocycles. The van der Waals surface area contributed by atoms with E-state index in [0.717, 1.165) is 50.7 Å². The highest BCUT2D eigenvalue weighted by Crippen LogP contribution is 2.18. The summed E-state index contributed by atoms with van der Waals surface area (Å²) in [5, 5.41) is 12.8. The number of ether oxygens (including phenoxy) is 1. The number of hydrogen-bond donors (Lipinski definition) is 2. The van der Waals surface area contributed by atoms with Gasteiger partial charge in [-0.15, -0.1) is 0 Å². The van der Waals surface area contributed by atoms with Crippen molar-refractivity contribution >= 4 is 5.91 Å². The molecular weight excluding hydrogens is 278 g/mol. The van der Waals surface area contributed by atoms with Gasteiger partial charge in [0.2, 0.25) is 5.91 Å². The first kappa shape index (κ1) is 16.8. The van der Waals surface area contributed by atoms with Crippen molar-refractivity contribution in [1.82, 2.24) is 5.32 Å². The van der Waals surface area contributed by atoms with Crippen molar-refractivity contribution in [1.29, 1.82) is 0 Å². The number of benzene rings is 1. The molecule has 1 aromatic rings. The Morgan fingerprint density at radius 3 is 2.64 bits per heavy atom. The molecule has 2 rings (SSSR count). The third kappa shape index (κ3) is 5.34. The van der Waals surface area contributed by atoms with Crippen LogP contribution in [0.25, 0.3) is 0 Å². The zero-order valence-electron chi connectivity index (χ0n) is 13.4. The van der Waals surface area contributed by atoms with Gasteiger partial charge in [-0.25, -0.2) is 0 Å². The summed E-state index contributed by atoms with van der Waals surface area (Å²) in [7, 11) is 1.66. The van der Waals surface area contributed by atoms with Crippen molar-refractivity contribution in [2.24, 2.45) is 0 Å². The van der Waals surface area contributed by atoms with Gasteiger partial charge in [0.15, 0.2) is 0 Å². The van der Waals surface area contributed by atoms with Gasteiger partial charge in [-0.3, -0.25) is 4.79 Å². The topological polar surface area (TPSA) is 58.6 Å². The largest absolute Gasteiger partial charge is 0.497 e. The molecule has 1 amide bonds. The van der Waals surface area contributed by atoms with Crippen LogP contribution in [0.2, 0.25) is 0 Å². The van der Waals surface area contributed by atoms with Crippen molar-refractivity contribution in [3.63, 3.8) is 0 Å². The maximum atomic E-state index is 11.9. The summed E-state index contributed by atoms with van der Waals surface area (Å²) in [5.41, 5.74) is 1.27. The van der Waals surface area contributed by atoms with Crippen LogP contribution in [0.4, 0.5) is 0 Å². The second-order valence-corrected chi connectivity index (χ2v) is 6.08. The van der Waals surface area contributed by atoms with Gasteiger partial charge in [0.05, 0.1) is 19.3 Å². The maximum absolute atomic E-state index is 11.9. The quantitative estimate of drug-likeness (QED) is 0.762. The summed E-state index contributed by atoms with van der Waals surface area (Å²) < 4.78 is 5.13. The summed E-state index contributed by atoms with van der Waals surface area (Å²) in [6, 6.07) is 8.02. The number of methoxy groups -OCH3 is 1.